The molecule has 0 bridgehead atoms. The predicted octanol–water partition coefficient (Wildman–Crippen LogP) is 6.75. The summed E-state index contributed by atoms with van der Waals surface area (Å²) in [5.41, 5.74) is 2.75. The molecule has 162 valence electrons. The Morgan fingerprint density at radius 3 is 2.17 bits per heavy atom. The van der Waals surface area contributed by atoms with Gasteiger partial charge in [0.05, 0.1) is 7.11 Å². The van der Waals surface area contributed by atoms with Gasteiger partial charge in [-0.05, 0) is 54.7 Å². The first-order chi connectivity index (χ1) is 14.1. The lowest BCUT2D eigenvalue weighted by Gasteiger charge is -2.35. The number of rotatable bonds is 5. The van der Waals surface area contributed by atoms with Crippen molar-refractivity contribution >= 4 is 6.21 Å². The monoisotopic (exact) mass is 407 g/mol. The van der Waals surface area contributed by atoms with E-state index < -0.39 is 0 Å². The first kappa shape index (κ1) is 22.4. The third-order valence-electron chi connectivity index (χ3n) is 6.86. The van der Waals surface area contributed by atoms with E-state index >= 15 is 0 Å². The Labute approximate surface area is 182 Å². The second-order valence-corrected chi connectivity index (χ2v) is 10.3. The summed E-state index contributed by atoms with van der Waals surface area (Å²) in [6, 6.07) is 14.4. The fraction of sp³-hybridized carbons (Fsp3) is 0.519. The maximum atomic E-state index is 11.1. The number of aromatic hydroxyl groups is 1. The second-order valence-electron chi connectivity index (χ2n) is 10.3. The third kappa shape index (κ3) is 4.88. The van der Waals surface area contributed by atoms with Gasteiger partial charge in [-0.3, -0.25) is 4.99 Å². The van der Waals surface area contributed by atoms with E-state index in [4.69, 9.17) is 9.73 Å². The summed E-state index contributed by atoms with van der Waals surface area (Å²) in [5.74, 6) is 1.80. The lowest BCUT2D eigenvalue weighted by Crippen LogP contribution is -2.27. The smallest absolute Gasteiger partial charge is 0.128 e. The van der Waals surface area contributed by atoms with Gasteiger partial charge in [0, 0.05) is 28.8 Å². The van der Waals surface area contributed by atoms with Crippen LogP contribution in [0.25, 0.3) is 0 Å². The maximum Gasteiger partial charge on any atom is 0.128 e. The van der Waals surface area contributed by atoms with Crippen molar-refractivity contribution in [3.05, 3.63) is 59.2 Å². The molecule has 0 saturated heterocycles. The number of hydrogen-bond donors (Lipinski definition) is 1. The minimum absolute atomic E-state index is 0.289. The summed E-state index contributed by atoms with van der Waals surface area (Å²) >= 11 is 0. The Morgan fingerprint density at radius 2 is 1.60 bits per heavy atom. The van der Waals surface area contributed by atoms with Crippen molar-refractivity contribution in [2.24, 2.45) is 16.3 Å². The molecule has 0 heterocycles. The number of aliphatic imine (C=N–C) groups is 1. The Morgan fingerprint density at radius 1 is 0.967 bits per heavy atom. The first-order valence-corrected chi connectivity index (χ1v) is 11.1. The van der Waals surface area contributed by atoms with Crippen molar-refractivity contribution < 1.29 is 9.84 Å². The molecule has 2 aromatic carbocycles. The van der Waals surface area contributed by atoms with Crippen molar-refractivity contribution in [3.8, 4) is 11.5 Å². The van der Waals surface area contributed by atoms with Crippen LogP contribution in [0.4, 0.5) is 0 Å². The molecule has 0 atom stereocenters. The molecule has 0 radical (unpaired) electrons. The zero-order valence-corrected chi connectivity index (χ0v) is 19.4. The largest absolute Gasteiger partial charge is 0.507 e. The fourth-order valence-electron chi connectivity index (χ4n) is 4.61. The molecule has 1 N–H and O–H groups in total. The average Bonchev–Trinajstić information content (AvgIpc) is 2.73. The number of benzene rings is 2. The lowest BCUT2D eigenvalue weighted by atomic mass is 9.71. The van der Waals surface area contributed by atoms with Crippen LogP contribution in [0.15, 0.2) is 47.5 Å². The van der Waals surface area contributed by atoms with E-state index in [0.29, 0.717) is 11.5 Å². The highest BCUT2D eigenvalue weighted by molar-refractivity contribution is 5.85. The Hall–Kier alpha value is -2.29. The summed E-state index contributed by atoms with van der Waals surface area (Å²) in [6.45, 7) is 11.3. The maximum absolute atomic E-state index is 11.1. The van der Waals surface area contributed by atoms with Crippen LogP contribution in [0.1, 0.15) is 77.0 Å². The fourth-order valence-corrected chi connectivity index (χ4v) is 4.61. The van der Waals surface area contributed by atoms with Crippen molar-refractivity contribution in [1.82, 2.24) is 0 Å². The minimum Gasteiger partial charge on any atom is -0.507 e. The van der Waals surface area contributed by atoms with Gasteiger partial charge in [0.25, 0.3) is 0 Å². The first-order valence-electron chi connectivity index (χ1n) is 11.1. The standard InChI is InChI=1S/C27H37NO2/c1-26(2,3)20-12-14-22(15-13-20)28-18-19-16-23(30-6)17-24(25(19)29)27(4,5)21-10-8-7-9-11-21/h7-11,16-18,20,22,29H,12-15H2,1-6H3. The molecule has 3 heteroatoms. The highest BCUT2D eigenvalue weighted by atomic mass is 16.5. The van der Waals surface area contributed by atoms with Crippen LogP contribution in [0.3, 0.4) is 0 Å². The lowest BCUT2D eigenvalue weighted by molar-refractivity contribution is 0.170. The van der Waals surface area contributed by atoms with E-state index in [1.807, 2.05) is 36.5 Å². The summed E-state index contributed by atoms with van der Waals surface area (Å²) in [6.07, 6.45) is 6.53. The predicted molar refractivity (Wildman–Crippen MR) is 126 cm³/mol. The van der Waals surface area contributed by atoms with Gasteiger partial charge in [0.2, 0.25) is 0 Å². The van der Waals surface area contributed by atoms with Crippen LogP contribution in [-0.2, 0) is 5.41 Å². The highest BCUT2D eigenvalue weighted by Crippen LogP contribution is 2.41. The molecule has 3 rings (SSSR count). The van der Waals surface area contributed by atoms with Crippen LogP contribution < -0.4 is 4.74 Å². The van der Waals surface area contributed by atoms with Crippen molar-refractivity contribution in [3.63, 3.8) is 0 Å². The van der Waals surface area contributed by atoms with E-state index in [1.165, 1.54) is 12.8 Å². The zero-order valence-electron chi connectivity index (χ0n) is 19.4. The molecule has 1 aliphatic carbocycles. The van der Waals surface area contributed by atoms with Gasteiger partial charge in [-0.25, -0.2) is 0 Å². The van der Waals surface area contributed by atoms with Crippen LogP contribution in [-0.4, -0.2) is 24.5 Å². The number of phenolic OH excluding ortho intramolecular Hbond substituents is 1. The normalized spacial score (nSPS) is 20.5. The molecule has 1 saturated carbocycles. The topological polar surface area (TPSA) is 41.8 Å². The van der Waals surface area contributed by atoms with Gasteiger partial charge < -0.3 is 9.84 Å². The van der Waals surface area contributed by atoms with Crippen LogP contribution >= 0.6 is 0 Å². The van der Waals surface area contributed by atoms with Crippen molar-refractivity contribution in [2.75, 3.05) is 7.11 Å². The Kier molecular flexibility index (Phi) is 6.59. The molecule has 0 unspecified atom stereocenters. The van der Waals surface area contributed by atoms with Gasteiger partial charge >= 0.3 is 0 Å². The van der Waals surface area contributed by atoms with Crippen LogP contribution in [0, 0.1) is 11.3 Å². The molecule has 3 nitrogen and oxygen atoms in total. The van der Waals surface area contributed by atoms with Gasteiger partial charge in [0.1, 0.15) is 11.5 Å². The molecule has 0 aliphatic heterocycles. The molecular weight excluding hydrogens is 370 g/mol. The third-order valence-corrected chi connectivity index (χ3v) is 6.86. The average molecular weight is 408 g/mol. The quantitative estimate of drug-likeness (QED) is 0.557. The van der Waals surface area contributed by atoms with Gasteiger partial charge in [-0.15, -0.1) is 0 Å². The van der Waals surface area contributed by atoms with E-state index in [9.17, 15) is 5.11 Å². The summed E-state index contributed by atoms with van der Waals surface area (Å²) in [4.78, 5) is 4.86. The minimum atomic E-state index is -0.354. The molecule has 30 heavy (non-hydrogen) atoms. The van der Waals surface area contributed by atoms with E-state index in [-0.39, 0.29) is 11.2 Å². The molecule has 1 fully saturated rings. The number of nitrogens with zero attached hydrogens (tertiary/aromatic N) is 1. The number of hydrogen-bond acceptors (Lipinski definition) is 3. The summed E-state index contributed by atoms with van der Waals surface area (Å²) in [5, 5.41) is 11.1. The summed E-state index contributed by atoms with van der Waals surface area (Å²) in [7, 11) is 1.67. The van der Waals surface area contributed by atoms with Crippen LogP contribution in [0.5, 0.6) is 11.5 Å². The number of phenols is 1. The Bertz CT molecular complexity index is 870. The zero-order chi connectivity index (χ0) is 21.9. The molecule has 2 aromatic rings. The van der Waals surface area contributed by atoms with Gasteiger partial charge in [-0.1, -0.05) is 65.0 Å². The van der Waals surface area contributed by atoms with E-state index in [0.717, 1.165) is 41.2 Å². The van der Waals surface area contributed by atoms with Gasteiger partial charge in [0.15, 0.2) is 0 Å². The van der Waals surface area contributed by atoms with E-state index in [1.54, 1.807) is 7.11 Å². The number of methoxy groups -OCH3 is 1. The molecule has 1 aliphatic rings. The molecular formula is C27H37NO2. The summed E-state index contributed by atoms with van der Waals surface area (Å²) < 4.78 is 5.55. The number of ether oxygens (including phenoxy) is 1. The molecule has 0 amide bonds. The van der Waals surface area contributed by atoms with Crippen molar-refractivity contribution in [2.45, 2.75) is 71.8 Å². The van der Waals surface area contributed by atoms with Crippen molar-refractivity contribution in [1.29, 1.82) is 0 Å². The van der Waals surface area contributed by atoms with Crippen LogP contribution in [0.2, 0.25) is 0 Å². The Balaban J connectivity index is 1.86. The molecule has 0 spiro atoms. The molecule has 0 aromatic heterocycles. The van der Waals surface area contributed by atoms with E-state index in [2.05, 4.69) is 46.8 Å². The SMILES string of the molecule is COc1cc(C=NC2CCC(C(C)(C)C)CC2)c(O)c(C(C)(C)c2ccccc2)c1. The highest BCUT2D eigenvalue weighted by Gasteiger charge is 2.30. The van der Waals surface area contributed by atoms with Gasteiger partial charge in [-0.2, -0.15) is 0 Å². The second kappa shape index (κ2) is 8.83.